The number of nitrogens with two attached hydrogens (primary N) is 1. The molecule has 3 nitrogen and oxygen atoms in total. The predicted octanol–water partition coefficient (Wildman–Crippen LogP) is 2.70. The number of aryl methyl sites for hydroxylation is 1. The topological polar surface area (TPSA) is 43.8 Å². The lowest BCUT2D eigenvalue weighted by Crippen LogP contribution is -2.28. The summed E-state index contributed by atoms with van der Waals surface area (Å²) >= 11 is 0. The summed E-state index contributed by atoms with van der Waals surface area (Å²) in [5, 5.41) is 4.39. The zero-order valence-corrected chi connectivity index (χ0v) is 11.2. The summed E-state index contributed by atoms with van der Waals surface area (Å²) in [6.07, 6.45) is 0. The Hall–Kier alpha value is -1.75. The molecule has 0 radical (unpaired) electrons. The molecule has 1 heterocycles. The van der Waals surface area contributed by atoms with E-state index in [0.717, 1.165) is 17.5 Å². The van der Waals surface area contributed by atoms with Gasteiger partial charge in [-0.05, 0) is 25.1 Å². The van der Waals surface area contributed by atoms with Crippen molar-refractivity contribution in [3.63, 3.8) is 0 Å². The third-order valence-electron chi connectivity index (χ3n) is 3.23. The second-order valence-corrected chi connectivity index (χ2v) is 5.27. The van der Waals surface area contributed by atoms with E-state index in [4.69, 9.17) is 5.73 Å². The average Bonchev–Trinajstić information content (AvgIpc) is 2.72. The normalized spacial score (nSPS) is 11.9. The van der Waals surface area contributed by atoms with Crippen LogP contribution in [0.3, 0.4) is 0 Å². The summed E-state index contributed by atoms with van der Waals surface area (Å²) in [5.41, 5.74) is 7.23. The lowest BCUT2D eigenvalue weighted by Gasteiger charge is -2.19. The second-order valence-electron chi connectivity index (χ2n) is 5.27. The maximum absolute atomic E-state index is 13.8. The van der Waals surface area contributed by atoms with E-state index in [1.54, 1.807) is 0 Å². The van der Waals surface area contributed by atoms with Crippen molar-refractivity contribution in [1.82, 2.24) is 9.78 Å². The fraction of sp³-hybridized carbons (Fsp3) is 0.357. The number of benzene rings is 1. The van der Waals surface area contributed by atoms with Crippen molar-refractivity contribution < 1.29 is 8.78 Å². The molecule has 0 saturated heterocycles. The lowest BCUT2D eigenvalue weighted by molar-refractivity contribution is 0.513. The Morgan fingerprint density at radius 1 is 1.26 bits per heavy atom. The van der Waals surface area contributed by atoms with Crippen LogP contribution in [0.5, 0.6) is 0 Å². The molecule has 2 aromatic rings. The Bertz CT molecular complexity index is 603. The van der Waals surface area contributed by atoms with E-state index in [1.807, 2.05) is 26.8 Å². The van der Waals surface area contributed by atoms with E-state index in [-0.39, 0.29) is 11.1 Å². The van der Waals surface area contributed by atoms with Crippen molar-refractivity contribution in [2.45, 2.75) is 26.2 Å². The molecular formula is C14H17F2N3. The highest BCUT2D eigenvalue weighted by Gasteiger charge is 2.23. The Morgan fingerprint density at radius 2 is 1.95 bits per heavy atom. The molecule has 0 bridgehead atoms. The first-order valence-electron chi connectivity index (χ1n) is 6.08. The Morgan fingerprint density at radius 3 is 2.53 bits per heavy atom. The fourth-order valence-corrected chi connectivity index (χ4v) is 1.81. The Labute approximate surface area is 111 Å². The number of nitrogens with zero attached hydrogens (tertiary/aromatic N) is 2. The summed E-state index contributed by atoms with van der Waals surface area (Å²) in [5.74, 6) is -1.24. The zero-order valence-electron chi connectivity index (χ0n) is 11.2. The molecule has 0 amide bonds. The summed E-state index contributed by atoms with van der Waals surface area (Å²) in [4.78, 5) is 0. The maximum atomic E-state index is 13.8. The van der Waals surface area contributed by atoms with Crippen molar-refractivity contribution in [3.8, 4) is 5.69 Å². The van der Waals surface area contributed by atoms with Gasteiger partial charge < -0.3 is 5.73 Å². The van der Waals surface area contributed by atoms with Gasteiger partial charge in [0.15, 0.2) is 5.82 Å². The van der Waals surface area contributed by atoms with Gasteiger partial charge in [-0.1, -0.05) is 13.8 Å². The lowest BCUT2D eigenvalue weighted by atomic mass is 9.90. The van der Waals surface area contributed by atoms with Gasteiger partial charge in [-0.2, -0.15) is 5.10 Å². The first kappa shape index (κ1) is 13.7. The van der Waals surface area contributed by atoms with Gasteiger partial charge in [-0.25, -0.2) is 13.5 Å². The van der Waals surface area contributed by atoms with Gasteiger partial charge in [0.05, 0.1) is 5.69 Å². The van der Waals surface area contributed by atoms with Gasteiger partial charge >= 0.3 is 0 Å². The number of hydrogen-bond acceptors (Lipinski definition) is 2. The molecule has 1 aromatic carbocycles. The quantitative estimate of drug-likeness (QED) is 0.927. The highest BCUT2D eigenvalue weighted by Crippen LogP contribution is 2.24. The van der Waals surface area contributed by atoms with E-state index >= 15 is 0 Å². The van der Waals surface area contributed by atoms with E-state index in [9.17, 15) is 8.78 Å². The summed E-state index contributed by atoms with van der Waals surface area (Å²) < 4.78 is 28.2. The zero-order chi connectivity index (χ0) is 14.2. The smallest absolute Gasteiger partial charge is 0.151 e. The molecule has 0 aliphatic rings. The van der Waals surface area contributed by atoms with E-state index in [0.29, 0.717) is 6.54 Å². The molecule has 2 N–H and O–H groups in total. The van der Waals surface area contributed by atoms with Crippen LogP contribution in [-0.4, -0.2) is 16.3 Å². The van der Waals surface area contributed by atoms with E-state index in [1.165, 1.54) is 16.8 Å². The fourth-order valence-electron chi connectivity index (χ4n) is 1.81. The molecule has 1 aromatic heterocycles. The number of aromatic nitrogens is 2. The largest absolute Gasteiger partial charge is 0.330 e. The van der Waals surface area contributed by atoms with Gasteiger partial charge in [0.2, 0.25) is 0 Å². The average molecular weight is 265 g/mol. The first-order valence-corrected chi connectivity index (χ1v) is 6.08. The van der Waals surface area contributed by atoms with Crippen LogP contribution in [0.4, 0.5) is 8.78 Å². The molecule has 0 saturated carbocycles. The van der Waals surface area contributed by atoms with Crippen molar-refractivity contribution in [1.29, 1.82) is 0 Å². The van der Waals surface area contributed by atoms with Gasteiger partial charge in [0.1, 0.15) is 11.5 Å². The number of rotatable bonds is 3. The molecule has 19 heavy (non-hydrogen) atoms. The standard InChI is InChI=1S/C14H17F2N3/c1-9-6-13(14(2,3)8-17)18-19(9)12-5-4-10(15)7-11(12)16/h4-7H,8,17H2,1-3H3. The van der Waals surface area contributed by atoms with Crippen LogP contribution in [0.25, 0.3) is 5.69 Å². The van der Waals surface area contributed by atoms with Gasteiger partial charge in [-0.15, -0.1) is 0 Å². The molecule has 5 heteroatoms. The molecular weight excluding hydrogens is 248 g/mol. The van der Waals surface area contributed by atoms with Crippen LogP contribution in [-0.2, 0) is 5.41 Å². The van der Waals surface area contributed by atoms with Crippen LogP contribution < -0.4 is 5.73 Å². The monoisotopic (exact) mass is 265 g/mol. The van der Waals surface area contributed by atoms with Crippen LogP contribution in [0.15, 0.2) is 24.3 Å². The van der Waals surface area contributed by atoms with Crippen molar-refractivity contribution in [2.75, 3.05) is 6.54 Å². The molecule has 102 valence electrons. The third kappa shape index (κ3) is 2.51. The molecule has 2 rings (SSSR count). The highest BCUT2D eigenvalue weighted by molar-refractivity contribution is 5.36. The molecule has 0 aliphatic heterocycles. The molecule has 0 unspecified atom stereocenters. The SMILES string of the molecule is Cc1cc(C(C)(C)CN)nn1-c1ccc(F)cc1F. The number of halogens is 2. The van der Waals surface area contributed by atoms with Gasteiger partial charge in [-0.3, -0.25) is 0 Å². The van der Waals surface area contributed by atoms with Crippen LogP contribution in [0, 0.1) is 18.6 Å². The summed E-state index contributed by atoms with van der Waals surface area (Å²) in [6, 6.07) is 5.32. The van der Waals surface area contributed by atoms with Crippen molar-refractivity contribution >= 4 is 0 Å². The van der Waals surface area contributed by atoms with Crippen LogP contribution in [0.1, 0.15) is 25.2 Å². The maximum Gasteiger partial charge on any atom is 0.151 e. The third-order valence-corrected chi connectivity index (χ3v) is 3.23. The van der Waals surface area contributed by atoms with Gasteiger partial charge in [0, 0.05) is 23.7 Å². The Kier molecular flexibility index (Phi) is 3.41. The molecule has 0 atom stereocenters. The number of hydrogen-bond donors (Lipinski definition) is 1. The minimum absolute atomic E-state index is 0.234. The predicted molar refractivity (Wildman–Crippen MR) is 70.3 cm³/mol. The highest BCUT2D eigenvalue weighted by atomic mass is 19.1. The molecule has 0 aliphatic carbocycles. The summed E-state index contributed by atoms with van der Waals surface area (Å²) in [6.45, 7) is 6.21. The van der Waals surface area contributed by atoms with Gasteiger partial charge in [0.25, 0.3) is 0 Å². The minimum Gasteiger partial charge on any atom is -0.330 e. The molecule has 0 fully saturated rings. The molecule has 0 spiro atoms. The van der Waals surface area contributed by atoms with Crippen molar-refractivity contribution in [3.05, 3.63) is 47.3 Å². The Balaban J connectivity index is 2.52. The first-order chi connectivity index (χ1) is 8.85. The van der Waals surface area contributed by atoms with Crippen molar-refractivity contribution in [2.24, 2.45) is 5.73 Å². The van der Waals surface area contributed by atoms with Crippen LogP contribution in [0.2, 0.25) is 0 Å². The van der Waals surface area contributed by atoms with E-state index < -0.39 is 11.6 Å². The van der Waals surface area contributed by atoms with Crippen LogP contribution >= 0.6 is 0 Å². The second kappa shape index (κ2) is 4.74. The summed E-state index contributed by atoms with van der Waals surface area (Å²) in [7, 11) is 0. The minimum atomic E-state index is -0.636. The van der Waals surface area contributed by atoms with E-state index in [2.05, 4.69) is 5.10 Å².